The smallest absolute Gasteiger partial charge is 0.223 e. The highest BCUT2D eigenvalue weighted by Gasteiger charge is 2.24. The van der Waals surface area contributed by atoms with Gasteiger partial charge in [-0.2, -0.15) is 0 Å². The summed E-state index contributed by atoms with van der Waals surface area (Å²) < 4.78 is 10.9. The van der Waals surface area contributed by atoms with Gasteiger partial charge in [-0.3, -0.25) is 4.79 Å². The van der Waals surface area contributed by atoms with Crippen LogP contribution in [0, 0.1) is 5.92 Å². The Morgan fingerprint density at radius 2 is 2.00 bits per heavy atom. The summed E-state index contributed by atoms with van der Waals surface area (Å²) >= 11 is 0. The first-order chi connectivity index (χ1) is 12.6. The van der Waals surface area contributed by atoms with Crippen molar-refractivity contribution in [3.8, 4) is 17.4 Å². The predicted octanol–water partition coefficient (Wildman–Crippen LogP) is 3.02. The van der Waals surface area contributed by atoms with E-state index < -0.39 is 0 Å². The maximum Gasteiger partial charge on any atom is 0.223 e. The van der Waals surface area contributed by atoms with Crippen molar-refractivity contribution in [1.82, 2.24) is 10.3 Å². The van der Waals surface area contributed by atoms with Crippen molar-refractivity contribution in [2.45, 2.75) is 38.3 Å². The van der Waals surface area contributed by atoms with Crippen molar-refractivity contribution in [2.75, 3.05) is 7.11 Å². The Balaban J connectivity index is 1.55. The molecule has 1 amide bonds. The van der Waals surface area contributed by atoms with E-state index in [1.165, 1.54) is 0 Å². The van der Waals surface area contributed by atoms with E-state index >= 15 is 0 Å². The number of aromatic nitrogens is 1. The minimum Gasteiger partial charge on any atom is -0.497 e. The number of nitrogens with two attached hydrogens (primary N) is 1. The third-order valence-corrected chi connectivity index (χ3v) is 4.63. The van der Waals surface area contributed by atoms with Crippen molar-refractivity contribution in [3.05, 3.63) is 48.2 Å². The molecule has 1 aromatic carbocycles. The molecule has 0 radical (unpaired) electrons. The average Bonchev–Trinajstić information content (AvgIpc) is 2.67. The van der Waals surface area contributed by atoms with Gasteiger partial charge >= 0.3 is 0 Å². The molecular formula is C20H25N3O3. The lowest BCUT2D eigenvalue weighted by molar-refractivity contribution is -0.126. The van der Waals surface area contributed by atoms with Crippen LogP contribution in [0.15, 0.2) is 42.6 Å². The Kier molecular flexibility index (Phi) is 6.07. The zero-order chi connectivity index (χ0) is 18.4. The number of hydrogen-bond acceptors (Lipinski definition) is 5. The van der Waals surface area contributed by atoms with E-state index in [1.54, 1.807) is 13.3 Å². The van der Waals surface area contributed by atoms with E-state index in [0.717, 1.165) is 37.0 Å². The van der Waals surface area contributed by atoms with Gasteiger partial charge in [-0.05, 0) is 55.2 Å². The molecule has 0 saturated heterocycles. The van der Waals surface area contributed by atoms with Crippen molar-refractivity contribution in [3.63, 3.8) is 0 Å². The van der Waals surface area contributed by atoms with Gasteiger partial charge in [0, 0.05) is 30.8 Å². The molecule has 26 heavy (non-hydrogen) atoms. The first-order valence-corrected chi connectivity index (χ1v) is 8.94. The standard InChI is InChI=1S/C20H25N3O3/c1-25-17-5-7-18(8-6-17)26-19-11-14(9-10-22-19)13-23-20(24)15-3-2-4-16(21)12-15/h5-11,15-16H,2-4,12-13,21H2,1H3,(H,23,24). The molecule has 0 bridgehead atoms. The summed E-state index contributed by atoms with van der Waals surface area (Å²) in [6.07, 6.45) is 5.40. The number of rotatable bonds is 6. The van der Waals surface area contributed by atoms with Gasteiger partial charge in [0.05, 0.1) is 7.11 Å². The van der Waals surface area contributed by atoms with Crippen LogP contribution in [0.5, 0.6) is 17.4 Å². The van der Waals surface area contributed by atoms with Crippen molar-refractivity contribution >= 4 is 5.91 Å². The van der Waals surface area contributed by atoms with Crippen LogP contribution in [0.3, 0.4) is 0 Å². The molecule has 1 fully saturated rings. The van der Waals surface area contributed by atoms with Gasteiger partial charge in [0.15, 0.2) is 0 Å². The molecule has 2 unspecified atom stereocenters. The zero-order valence-corrected chi connectivity index (χ0v) is 15.0. The lowest BCUT2D eigenvalue weighted by atomic mass is 9.85. The van der Waals surface area contributed by atoms with Crippen LogP contribution in [-0.4, -0.2) is 24.0 Å². The molecule has 0 spiro atoms. The van der Waals surface area contributed by atoms with Gasteiger partial charge in [0.25, 0.3) is 0 Å². The Labute approximate surface area is 153 Å². The number of methoxy groups -OCH3 is 1. The third-order valence-electron chi connectivity index (χ3n) is 4.63. The fraction of sp³-hybridized carbons (Fsp3) is 0.400. The lowest BCUT2D eigenvalue weighted by Gasteiger charge is -2.25. The fourth-order valence-corrected chi connectivity index (χ4v) is 3.18. The summed E-state index contributed by atoms with van der Waals surface area (Å²) in [6.45, 7) is 0.450. The Bertz CT molecular complexity index is 733. The van der Waals surface area contributed by atoms with Gasteiger partial charge in [-0.15, -0.1) is 0 Å². The van der Waals surface area contributed by atoms with E-state index in [2.05, 4.69) is 10.3 Å². The zero-order valence-electron chi connectivity index (χ0n) is 15.0. The molecule has 138 valence electrons. The second-order valence-corrected chi connectivity index (χ2v) is 6.62. The number of carbonyl (C=O) groups excluding carboxylic acids is 1. The molecule has 1 aliphatic rings. The predicted molar refractivity (Wildman–Crippen MR) is 99.1 cm³/mol. The van der Waals surface area contributed by atoms with E-state index in [9.17, 15) is 4.79 Å². The van der Waals surface area contributed by atoms with E-state index in [1.807, 2.05) is 36.4 Å². The number of pyridine rings is 1. The first-order valence-electron chi connectivity index (χ1n) is 8.94. The number of ether oxygens (including phenoxy) is 2. The molecule has 1 aromatic heterocycles. The molecule has 6 nitrogen and oxygen atoms in total. The van der Waals surface area contributed by atoms with Crippen LogP contribution >= 0.6 is 0 Å². The molecule has 1 aliphatic carbocycles. The van der Waals surface area contributed by atoms with Gasteiger partial charge in [0.2, 0.25) is 11.8 Å². The van der Waals surface area contributed by atoms with Gasteiger partial charge in [-0.25, -0.2) is 4.98 Å². The van der Waals surface area contributed by atoms with E-state index in [4.69, 9.17) is 15.2 Å². The highest BCUT2D eigenvalue weighted by molar-refractivity contribution is 5.78. The van der Waals surface area contributed by atoms with Crippen LogP contribution in [0.1, 0.15) is 31.2 Å². The summed E-state index contributed by atoms with van der Waals surface area (Å²) in [4.78, 5) is 16.5. The normalized spacial score (nSPS) is 19.6. The second kappa shape index (κ2) is 8.67. The molecule has 1 saturated carbocycles. The SMILES string of the molecule is COc1ccc(Oc2cc(CNC(=O)C3CCCC(N)C3)ccn2)cc1. The van der Waals surface area contributed by atoms with Gasteiger partial charge < -0.3 is 20.5 Å². The molecule has 6 heteroatoms. The topological polar surface area (TPSA) is 86.5 Å². The van der Waals surface area contributed by atoms with Crippen LogP contribution < -0.4 is 20.5 Å². The highest BCUT2D eigenvalue weighted by Crippen LogP contribution is 2.24. The van der Waals surface area contributed by atoms with Gasteiger partial charge in [0.1, 0.15) is 11.5 Å². The number of amides is 1. The molecule has 1 heterocycles. The number of carbonyl (C=O) groups is 1. The maximum atomic E-state index is 12.3. The first kappa shape index (κ1) is 18.2. The quantitative estimate of drug-likeness (QED) is 0.832. The molecule has 0 aliphatic heterocycles. The van der Waals surface area contributed by atoms with E-state index in [0.29, 0.717) is 18.2 Å². The Morgan fingerprint density at radius 1 is 1.23 bits per heavy atom. The average molecular weight is 355 g/mol. The summed E-state index contributed by atoms with van der Waals surface area (Å²) in [7, 11) is 1.62. The third kappa shape index (κ3) is 4.95. The molecule has 3 N–H and O–H groups in total. The molecule has 2 atom stereocenters. The summed E-state index contributed by atoms with van der Waals surface area (Å²) in [5.74, 6) is 2.03. The summed E-state index contributed by atoms with van der Waals surface area (Å²) in [6, 6.07) is 11.1. The molecule has 2 aromatic rings. The Hall–Kier alpha value is -2.60. The number of nitrogens with zero attached hydrogens (tertiary/aromatic N) is 1. The number of nitrogens with one attached hydrogen (secondary N) is 1. The fourth-order valence-electron chi connectivity index (χ4n) is 3.18. The highest BCUT2D eigenvalue weighted by atomic mass is 16.5. The largest absolute Gasteiger partial charge is 0.497 e. The summed E-state index contributed by atoms with van der Waals surface area (Å²) in [5, 5.41) is 3.00. The summed E-state index contributed by atoms with van der Waals surface area (Å²) in [5.41, 5.74) is 6.91. The number of benzene rings is 1. The lowest BCUT2D eigenvalue weighted by Crippen LogP contribution is -2.37. The van der Waals surface area contributed by atoms with Crippen molar-refractivity contribution < 1.29 is 14.3 Å². The second-order valence-electron chi connectivity index (χ2n) is 6.62. The minimum absolute atomic E-state index is 0.0237. The van der Waals surface area contributed by atoms with Gasteiger partial charge in [-0.1, -0.05) is 6.42 Å². The van der Waals surface area contributed by atoms with E-state index in [-0.39, 0.29) is 17.9 Å². The Morgan fingerprint density at radius 3 is 2.73 bits per heavy atom. The maximum absolute atomic E-state index is 12.3. The monoisotopic (exact) mass is 355 g/mol. The van der Waals surface area contributed by atoms with Crippen LogP contribution in [0.4, 0.5) is 0 Å². The number of hydrogen-bond donors (Lipinski definition) is 2. The van der Waals surface area contributed by atoms with Crippen molar-refractivity contribution in [2.24, 2.45) is 11.7 Å². The van der Waals surface area contributed by atoms with Crippen LogP contribution in [0.2, 0.25) is 0 Å². The van der Waals surface area contributed by atoms with Crippen LogP contribution in [0.25, 0.3) is 0 Å². The van der Waals surface area contributed by atoms with Crippen LogP contribution in [-0.2, 0) is 11.3 Å². The molecular weight excluding hydrogens is 330 g/mol. The molecule has 3 rings (SSSR count). The minimum atomic E-state index is 0.0237. The van der Waals surface area contributed by atoms with Crippen molar-refractivity contribution in [1.29, 1.82) is 0 Å².